The van der Waals surface area contributed by atoms with Crippen molar-refractivity contribution in [3.05, 3.63) is 118 Å². The van der Waals surface area contributed by atoms with Gasteiger partial charge in [0.15, 0.2) is 4.80 Å². The molecule has 2 aromatic heterocycles. The van der Waals surface area contributed by atoms with Gasteiger partial charge in [-0.05, 0) is 44.5 Å². The molecule has 0 saturated carbocycles. The lowest BCUT2D eigenvalue weighted by Gasteiger charge is -2.24. The molecular formula is C28H22ClN3O6S. The van der Waals surface area contributed by atoms with Gasteiger partial charge in [0, 0.05) is 23.8 Å². The van der Waals surface area contributed by atoms with E-state index in [2.05, 4.69) is 4.99 Å². The van der Waals surface area contributed by atoms with Crippen LogP contribution in [0.5, 0.6) is 0 Å². The van der Waals surface area contributed by atoms with Gasteiger partial charge in [-0.1, -0.05) is 52.8 Å². The summed E-state index contributed by atoms with van der Waals surface area (Å²) in [6.07, 6.45) is 1.58. The highest BCUT2D eigenvalue weighted by molar-refractivity contribution is 7.07. The summed E-state index contributed by atoms with van der Waals surface area (Å²) < 4.78 is 13.1. The molecule has 0 unspecified atom stereocenters. The Hall–Kier alpha value is -4.28. The molecule has 0 fully saturated rings. The van der Waals surface area contributed by atoms with Crippen LogP contribution in [0, 0.1) is 17.0 Å². The van der Waals surface area contributed by atoms with E-state index in [0.29, 0.717) is 42.7 Å². The molecule has 0 bridgehead atoms. The molecule has 11 heteroatoms. The molecule has 2 aromatic carbocycles. The summed E-state index contributed by atoms with van der Waals surface area (Å²) in [7, 11) is 0. The molecule has 198 valence electrons. The van der Waals surface area contributed by atoms with Crippen LogP contribution >= 0.6 is 22.9 Å². The van der Waals surface area contributed by atoms with Crippen LogP contribution in [-0.2, 0) is 9.53 Å². The Kier molecular flexibility index (Phi) is 7.07. The van der Waals surface area contributed by atoms with E-state index < -0.39 is 16.9 Å². The van der Waals surface area contributed by atoms with E-state index in [-0.39, 0.29) is 17.9 Å². The number of aryl methyl sites for hydroxylation is 1. The zero-order valence-corrected chi connectivity index (χ0v) is 22.7. The summed E-state index contributed by atoms with van der Waals surface area (Å²) in [5.74, 6) is 0.148. The van der Waals surface area contributed by atoms with E-state index in [0.717, 1.165) is 11.1 Å². The number of carbonyl (C=O) groups excluding carboxylic acids is 1. The normalized spacial score (nSPS) is 15.2. The topological polar surface area (TPSA) is 117 Å². The van der Waals surface area contributed by atoms with Crippen molar-refractivity contribution in [1.82, 2.24) is 4.57 Å². The van der Waals surface area contributed by atoms with Gasteiger partial charge in [-0.2, -0.15) is 0 Å². The summed E-state index contributed by atoms with van der Waals surface area (Å²) in [4.78, 5) is 42.4. The lowest BCUT2D eigenvalue weighted by Crippen LogP contribution is -2.39. The molecule has 0 N–H and O–H groups in total. The molecule has 4 aromatic rings. The van der Waals surface area contributed by atoms with Crippen molar-refractivity contribution in [2.24, 2.45) is 4.99 Å². The van der Waals surface area contributed by atoms with Crippen molar-refractivity contribution < 1.29 is 18.9 Å². The number of aromatic nitrogens is 1. The number of allylic oxidation sites excluding steroid dienone is 1. The summed E-state index contributed by atoms with van der Waals surface area (Å²) in [5, 5.41) is 11.5. The first-order chi connectivity index (χ1) is 18.7. The number of nitro groups is 1. The standard InChI is InChI=1S/C28H22ClN3O6S/c1-4-37-27(34)24-16(3)30-28-31(25(24)17-7-5-15(2)6-8-17)26(33)23(39-28)14-19-10-12-22(38-19)20-13-18(32(35)36)9-11-21(20)29/h5-14,25H,4H2,1-3H3/b23-14+/t25-/m0/s1. The van der Waals surface area contributed by atoms with E-state index in [1.54, 1.807) is 32.1 Å². The third kappa shape index (κ3) is 4.96. The van der Waals surface area contributed by atoms with Crippen molar-refractivity contribution in [1.29, 1.82) is 0 Å². The number of fused-ring (bicyclic) bond motifs is 1. The Morgan fingerprint density at radius 3 is 2.64 bits per heavy atom. The Morgan fingerprint density at radius 2 is 1.95 bits per heavy atom. The first-order valence-corrected chi connectivity index (χ1v) is 13.2. The Labute approximate surface area is 231 Å². The number of rotatable bonds is 6. The Morgan fingerprint density at radius 1 is 1.21 bits per heavy atom. The lowest BCUT2D eigenvalue weighted by molar-refractivity contribution is -0.384. The zero-order chi connectivity index (χ0) is 27.8. The van der Waals surface area contributed by atoms with Gasteiger partial charge in [0.2, 0.25) is 0 Å². The number of furan rings is 1. The number of nitrogens with zero attached hydrogens (tertiary/aromatic N) is 3. The lowest BCUT2D eigenvalue weighted by atomic mass is 9.95. The number of halogens is 1. The summed E-state index contributed by atoms with van der Waals surface area (Å²) in [6.45, 7) is 5.60. The van der Waals surface area contributed by atoms with Crippen LogP contribution in [0.2, 0.25) is 5.02 Å². The first-order valence-electron chi connectivity index (χ1n) is 12.0. The smallest absolute Gasteiger partial charge is 0.338 e. The predicted molar refractivity (Wildman–Crippen MR) is 147 cm³/mol. The molecule has 1 aliphatic rings. The van der Waals surface area contributed by atoms with Crippen molar-refractivity contribution in [3.8, 4) is 11.3 Å². The number of non-ortho nitro benzene ring substituents is 1. The van der Waals surface area contributed by atoms with E-state index in [9.17, 15) is 19.7 Å². The zero-order valence-electron chi connectivity index (χ0n) is 21.1. The maximum Gasteiger partial charge on any atom is 0.338 e. The maximum absolute atomic E-state index is 13.7. The molecule has 3 heterocycles. The van der Waals surface area contributed by atoms with Crippen molar-refractivity contribution in [2.75, 3.05) is 6.61 Å². The second-order valence-corrected chi connectivity index (χ2v) is 10.3. The molecule has 0 amide bonds. The SMILES string of the molecule is CCOC(=O)C1=C(C)N=c2s/c(=C/c3ccc(-c4cc([N+](=O)[O-])ccc4Cl)o3)c(=O)n2[C@H]1c1ccc(C)cc1. The van der Waals surface area contributed by atoms with Crippen molar-refractivity contribution in [3.63, 3.8) is 0 Å². The van der Waals surface area contributed by atoms with Crippen LogP contribution in [0.3, 0.4) is 0 Å². The summed E-state index contributed by atoms with van der Waals surface area (Å²) >= 11 is 7.43. The third-order valence-corrected chi connectivity index (χ3v) is 7.55. The number of ether oxygens (including phenoxy) is 1. The van der Waals surface area contributed by atoms with E-state index >= 15 is 0 Å². The monoisotopic (exact) mass is 563 g/mol. The van der Waals surface area contributed by atoms with Gasteiger partial charge < -0.3 is 9.15 Å². The van der Waals surface area contributed by atoms with E-state index in [1.165, 1.54) is 34.1 Å². The second kappa shape index (κ2) is 10.5. The van der Waals surface area contributed by atoms with Crippen LogP contribution < -0.4 is 14.9 Å². The van der Waals surface area contributed by atoms with Gasteiger partial charge in [0.1, 0.15) is 11.5 Å². The second-order valence-electron chi connectivity index (χ2n) is 8.84. The van der Waals surface area contributed by atoms with Crippen molar-refractivity contribution in [2.45, 2.75) is 26.8 Å². The number of hydrogen-bond donors (Lipinski definition) is 0. The summed E-state index contributed by atoms with van der Waals surface area (Å²) in [5.41, 5.74) is 2.48. The van der Waals surface area contributed by atoms with Crippen LogP contribution in [0.4, 0.5) is 5.69 Å². The first kappa shape index (κ1) is 26.3. The van der Waals surface area contributed by atoms with Crippen molar-refractivity contribution >= 4 is 40.7 Å². The quantitative estimate of drug-likeness (QED) is 0.186. The fraction of sp³-hybridized carbons (Fsp3) is 0.179. The van der Waals surface area contributed by atoms with E-state index in [1.807, 2.05) is 31.2 Å². The highest BCUT2D eigenvalue weighted by Crippen LogP contribution is 2.33. The predicted octanol–water partition coefficient (Wildman–Crippen LogP) is 4.93. The number of thiazole rings is 1. The third-order valence-electron chi connectivity index (χ3n) is 6.24. The molecule has 1 aliphatic heterocycles. The van der Waals surface area contributed by atoms with Gasteiger partial charge in [0.05, 0.1) is 38.4 Å². The summed E-state index contributed by atoms with van der Waals surface area (Å²) in [6, 6.07) is 14.3. The minimum Gasteiger partial charge on any atom is -0.463 e. The van der Waals surface area contributed by atoms with Gasteiger partial charge in [0.25, 0.3) is 11.2 Å². The van der Waals surface area contributed by atoms with Crippen LogP contribution in [0.15, 0.2) is 80.1 Å². The maximum atomic E-state index is 13.7. The number of hydrogen-bond acceptors (Lipinski definition) is 8. The minimum absolute atomic E-state index is 0.121. The van der Waals surface area contributed by atoms with Gasteiger partial charge >= 0.3 is 5.97 Å². The molecule has 5 rings (SSSR count). The van der Waals surface area contributed by atoms with Gasteiger partial charge in [-0.15, -0.1) is 0 Å². The number of benzene rings is 2. The fourth-order valence-corrected chi connectivity index (χ4v) is 5.61. The molecular weight excluding hydrogens is 542 g/mol. The highest BCUT2D eigenvalue weighted by Gasteiger charge is 2.33. The Balaban J connectivity index is 1.62. The average molecular weight is 564 g/mol. The van der Waals surface area contributed by atoms with Crippen LogP contribution in [-0.4, -0.2) is 22.1 Å². The molecule has 0 radical (unpaired) electrons. The van der Waals surface area contributed by atoms with Crippen LogP contribution in [0.1, 0.15) is 36.8 Å². The van der Waals surface area contributed by atoms with Gasteiger partial charge in [-0.3, -0.25) is 19.5 Å². The molecule has 0 spiro atoms. The van der Waals surface area contributed by atoms with Gasteiger partial charge in [-0.25, -0.2) is 9.79 Å². The number of nitro benzene ring substituents is 1. The molecule has 0 saturated heterocycles. The van der Waals surface area contributed by atoms with Crippen LogP contribution in [0.25, 0.3) is 17.4 Å². The largest absolute Gasteiger partial charge is 0.463 e. The minimum atomic E-state index is -0.709. The number of esters is 1. The molecule has 9 nitrogen and oxygen atoms in total. The molecule has 1 atom stereocenters. The number of carbonyl (C=O) groups is 1. The molecule has 0 aliphatic carbocycles. The highest BCUT2D eigenvalue weighted by atomic mass is 35.5. The Bertz CT molecular complexity index is 1830. The molecule has 39 heavy (non-hydrogen) atoms. The fourth-order valence-electron chi connectivity index (χ4n) is 4.38. The van der Waals surface area contributed by atoms with E-state index in [4.69, 9.17) is 20.8 Å². The average Bonchev–Trinajstić information content (AvgIpc) is 3.48.